The van der Waals surface area contributed by atoms with Gasteiger partial charge in [-0.25, -0.2) is 43.7 Å². The van der Waals surface area contributed by atoms with E-state index in [9.17, 15) is 43.2 Å². The number of amides is 6. The molecule has 0 spiro atoms. The zero-order valence-electron chi connectivity index (χ0n) is 79.0. The second-order valence-corrected chi connectivity index (χ2v) is 37.7. The molecule has 721 valence electrons. The van der Waals surface area contributed by atoms with Crippen LogP contribution in [0.4, 0.5) is 61.2 Å². The summed E-state index contributed by atoms with van der Waals surface area (Å²) < 4.78 is 66.8. The molecular weight excluding hydrogens is 2060 g/mol. The van der Waals surface area contributed by atoms with Crippen molar-refractivity contribution < 1.29 is 135 Å². The molecule has 14 aromatic rings. The first-order valence-corrected chi connectivity index (χ1v) is 48.0. The minimum atomic E-state index is -5.94. The fraction of sp³-hybridized carbons (Fsp3) is 0.178. The molecule has 0 bridgehead atoms. The van der Waals surface area contributed by atoms with Crippen molar-refractivity contribution in [1.82, 2.24) is 29.1 Å². The summed E-state index contributed by atoms with van der Waals surface area (Å²) in [6.07, 6.45) is 2.03. The quantitative estimate of drug-likeness (QED) is 0.0245. The maximum absolute atomic E-state index is 13.9. The first-order chi connectivity index (χ1) is 66.2. The SMILES string of the molecule is CC1(C)OB(c2ccc(C(=O)Nc3ccccc3)cc2)OC1(C)C.CN(C(=O)OC(C)(C)C)c1cccc(-n2c(=O)n(-c3ccc(C(=O)Cc4ccccc4)cc3)c3c(N)ncnc32)c1.CN(C(=O)OC(C)(C)C)c1cccc(N2C(=O)Cc3c(N)ncnc32)c1.O=C(Nc1ccccc1)c1ccc(Br)cc1.O=C(Nc1ccccc1)c1ccc(O[B]O)cc1.O=C(O)c1ccc(Br)cc1.[Na+].[O-][I+3]([O-])([O-])[O-]. The number of aromatic nitrogens is 6. The van der Waals surface area contributed by atoms with Gasteiger partial charge in [0.1, 0.15) is 66.9 Å². The molecule has 2 aliphatic heterocycles. The molecule has 16 rings (SSSR count). The van der Waals surface area contributed by atoms with Crippen molar-refractivity contribution in [3.63, 3.8) is 0 Å². The summed E-state index contributed by atoms with van der Waals surface area (Å²) in [6.45, 7) is 18.9. The van der Waals surface area contributed by atoms with Gasteiger partial charge in [-0.05, 0) is 262 Å². The van der Waals surface area contributed by atoms with Crippen molar-refractivity contribution in [3.05, 3.63) is 362 Å². The number of halogens is 3. The Morgan fingerprint density at radius 2 is 0.894 bits per heavy atom. The smallest absolute Gasteiger partial charge is 0.537 e. The van der Waals surface area contributed by atoms with E-state index in [4.69, 9.17) is 58.8 Å². The van der Waals surface area contributed by atoms with Gasteiger partial charge in [-0.1, -0.05) is 141 Å². The summed E-state index contributed by atoms with van der Waals surface area (Å²) in [6, 6.07) is 85.8. The van der Waals surface area contributed by atoms with Gasteiger partial charge in [0, 0.05) is 85.7 Å². The van der Waals surface area contributed by atoms with Crippen LogP contribution in [-0.2, 0) is 36.4 Å². The van der Waals surface area contributed by atoms with Crippen LogP contribution >= 0.6 is 31.9 Å². The number of nitrogen functional groups attached to an aromatic ring is 2. The number of ketones is 1. The number of imidazole rings is 1. The zero-order valence-corrected chi connectivity index (χ0v) is 86.3. The van der Waals surface area contributed by atoms with Crippen LogP contribution in [0.2, 0.25) is 0 Å². The standard InChI is InChI=1S/C31H30N6O4.C19H22BNO3.C18H21N5O3.C13H11BNO3.C13H10BrNO.C7H5BrO2.IO4.Na/c1-31(2,3)41-30(40)35(4)23-11-8-12-24(18-23)37-28-26(27(32)33-19-34-28)36(29(37)39)22-15-13-21(14-16-22)25(38)17-20-9-6-5-7-10-20;1-18(2)19(3,4)24-20(23-18)15-12-10-14(11-13-15)17(22)21-16-8-6-5-7-9-16;1-18(2,3)26-17(25)22(4)11-6-5-7-12(8-11)23-14(24)9-13-15(19)20-10-21-16(13)23;16-13(15-11-4-2-1-3-5-11)10-6-8-12(9-7-10)18-14-17;14-11-8-6-10(7-9-11)13(16)15-12-4-2-1-3-5-12;8-6-3-1-5(2-4-6)7(9)10;2-1(3,4)5;/h5-16,18-19H,17H2,1-4H3,(H2,32,33,34);5-13H,1-4H3,(H,21,22);5-8,10H,9H2,1-4H3,(H2,19,20,21);1-9,17H,(H,15,16);1-9H,(H,15,16);1-4H,(H,9,10);;/q;;;;;;-1;+1. The first-order valence-electron chi connectivity index (χ1n) is 42.9. The Labute approximate surface area is 859 Å². The van der Waals surface area contributed by atoms with Crippen molar-refractivity contribution in [2.24, 2.45) is 0 Å². The Morgan fingerprint density at radius 3 is 1.33 bits per heavy atom. The van der Waals surface area contributed by atoms with Gasteiger partial charge in [0.05, 0.1) is 40.2 Å². The maximum Gasteiger partial charge on any atom is 1.00 e. The van der Waals surface area contributed by atoms with Gasteiger partial charge >= 0.3 is 68.2 Å². The van der Waals surface area contributed by atoms with E-state index in [1.54, 1.807) is 201 Å². The molecule has 3 aromatic heterocycles. The van der Waals surface area contributed by atoms with Gasteiger partial charge in [0.25, 0.3) is 17.7 Å². The number of carboxylic acid groups (broad SMARTS) is 1. The fourth-order valence-electron chi connectivity index (χ4n) is 13.0. The van der Waals surface area contributed by atoms with Crippen LogP contribution in [0.3, 0.4) is 0 Å². The van der Waals surface area contributed by atoms with E-state index in [-0.39, 0.29) is 88.8 Å². The minimum Gasteiger partial charge on any atom is -0.537 e. The molecule has 1 fully saturated rings. The predicted molar refractivity (Wildman–Crippen MR) is 532 cm³/mol. The molecule has 40 heteroatoms. The van der Waals surface area contributed by atoms with Crippen LogP contribution in [0.15, 0.2) is 318 Å². The van der Waals surface area contributed by atoms with Gasteiger partial charge in [-0.3, -0.25) is 57.0 Å². The molecule has 1 saturated heterocycles. The number of nitrogens with two attached hydrogens (primary N) is 2. The van der Waals surface area contributed by atoms with Crippen LogP contribution in [0, 0.1) is 0 Å². The molecule has 0 aliphatic carbocycles. The van der Waals surface area contributed by atoms with Crippen LogP contribution in [0.25, 0.3) is 22.5 Å². The second-order valence-electron chi connectivity index (χ2n) is 33.7. The molecule has 141 heavy (non-hydrogen) atoms. The number of benzene rings is 11. The molecule has 1 radical (unpaired) electrons. The number of rotatable bonds is 18. The number of anilines is 9. The zero-order chi connectivity index (χ0) is 102. The summed E-state index contributed by atoms with van der Waals surface area (Å²) in [7, 11) is 3.40. The summed E-state index contributed by atoms with van der Waals surface area (Å²) >= 11 is 0.591. The van der Waals surface area contributed by atoms with Gasteiger partial charge in [-0.15, -0.1) is 0 Å². The Kier molecular flexibility index (Phi) is 39.7. The van der Waals surface area contributed by atoms with E-state index in [1.807, 2.05) is 173 Å². The summed E-state index contributed by atoms with van der Waals surface area (Å²) in [5.74, 6) is -0.150. The van der Waals surface area contributed by atoms with Crippen LogP contribution in [-0.4, -0.2) is 138 Å². The average molecular weight is 2160 g/mol. The Morgan fingerprint density at radius 1 is 0.504 bits per heavy atom. The minimum absolute atomic E-state index is 0. The summed E-state index contributed by atoms with van der Waals surface area (Å²) in [5.41, 5.74) is 20.3. The molecule has 11 aromatic carbocycles. The number of ether oxygens (including phenoxy) is 2. The van der Waals surface area contributed by atoms with Crippen molar-refractivity contribution in [3.8, 4) is 17.1 Å². The van der Waals surface area contributed by atoms with Crippen LogP contribution in [0.1, 0.15) is 132 Å². The van der Waals surface area contributed by atoms with E-state index >= 15 is 0 Å². The van der Waals surface area contributed by atoms with Gasteiger partial charge < -0.3 is 61.0 Å². The number of aromatic carboxylic acids is 1. The topological polar surface area (TPSA) is 492 Å². The Bertz CT molecular complexity index is 6680. The van der Waals surface area contributed by atoms with E-state index < -0.39 is 62.3 Å². The van der Waals surface area contributed by atoms with Crippen molar-refractivity contribution in [1.29, 1.82) is 0 Å². The second kappa shape index (κ2) is 50.5. The van der Waals surface area contributed by atoms with E-state index in [2.05, 4.69) is 67.7 Å². The van der Waals surface area contributed by atoms with Crippen LogP contribution in [0.5, 0.6) is 5.75 Å². The number of nitrogens with zero attached hydrogens (tertiary/aromatic N) is 9. The molecule has 0 atom stereocenters. The summed E-state index contributed by atoms with van der Waals surface area (Å²) in [5, 5.41) is 25.4. The van der Waals surface area contributed by atoms with Crippen molar-refractivity contribution in [2.45, 2.75) is 104 Å². The third-order valence-electron chi connectivity index (χ3n) is 20.6. The molecular formula is C101H99B2Br2IN14NaO20. The van der Waals surface area contributed by atoms with Crippen molar-refractivity contribution in [2.75, 3.05) is 56.2 Å². The number of carboxylic acids is 1. The monoisotopic (exact) mass is 2160 g/mol. The number of carbonyl (C=O) groups is 8. The molecule has 2 aliphatic rings. The number of carbonyl (C=O) groups excluding carboxylic acids is 7. The molecule has 6 amide bonds. The van der Waals surface area contributed by atoms with Gasteiger partial charge in [-0.2, -0.15) is 0 Å². The number of Topliss-reactive ketones (excluding diaryl/α,β-unsaturated/α-hetero) is 1. The van der Waals surface area contributed by atoms with E-state index in [0.29, 0.717) is 98.1 Å². The number of hydrogen-bond donors (Lipinski definition) is 7. The molecule has 34 nitrogen and oxygen atoms in total. The molecule has 5 heterocycles. The van der Waals surface area contributed by atoms with E-state index in [1.165, 1.54) is 36.5 Å². The first kappa shape index (κ1) is 111. The predicted octanol–water partition coefficient (Wildman–Crippen LogP) is 7.78. The maximum atomic E-state index is 13.9. The third-order valence-corrected chi connectivity index (χ3v) is 21.7. The number of hydrogen-bond acceptors (Lipinski definition) is 25. The van der Waals surface area contributed by atoms with Gasteiger partial charge in [0.2, 0.25) is 5.91 Å². The Hall–Kier alpha value is -13.7. The van der Waals surface area contributed by atoms with Crippen LogP contribution < -0.4 is 121 Å². The van der Waals surface area contributed by atoms with Gasteiger partial charge in [0.15, 0.2) is 17.2 Å². The number of para-hydroxylation sites is 3. The number of nitrogens with one attached hydrogen (secondary N) is 3. The normalized spacial score (nSPS) is 12.4. The largest absolute Gasteiger partial charge is 1.00 e. The third kappa shape index (κ3) is 32.7. The fourth-order valence-corrected chi connectivity index (χ4v) is 13.6. The molecule has 0 unspecified atom stereocenters. The number of fused-ring (bicyclic) bond motifs is 2. The Balaban J connectivity index is 0.000000195. The summed E-state index contributed by atoms with van der Waals surface area (Å²) in [4.78, 5) is 131. The molecule has 9 N–H and O–H groups in total. The molecule has 0 saturated carbocycles. The average Bonchev–Trinajstić information content (AvgIpc) is 1.60. The van der Waals surface area contributed by atoms with Crippen molar-refractivity contribution >= 4 is 162 Å². The van der Waals surface area contributed by atoms with E-state index in [0.717, 1.165) is 37.0 Å².